The largest absolute Gasteiger partial charge is 0.465 e. The molecule has 0 aliphatic carbocycles. The predicted octanol–water partition coefficient (Wildman–Crippen LogP) is 1.85. The van der Waals surface area contributed by atoms with Crippen LogP contribution >= 0.6 is 23.7 Å². The summed E-state index contributed by atoms with van der Waals surface area (Å²) in [5.41, 5.74) is 5.94. The van der Waals surface area contributed by atoms with Crippen LogP contribution in [-0.4, -0.2) is 44.4 Å². The first-order chi connectivity index (χ1) is 9.89. The minimum Gasteiger partial charge on any atom is -0.465 e. The van der Waals surface area contributed by atoms with Crippen LogP contribution in [0, 0.1) is 0 Å². The van der Waals surface area contributed by atoms with E-state index in [1.54, 1.807) is 5.38 Å². The molecule has 0 saturated carbocycles. The van der Waals surface area contributed by atoms with Crippen LogP contribution in [0.25, 0.3) is 0 Å². The fraction of sp³-hybridized carbons (Fsp3) is 0.615. The Labute approximate surface area is 141 Å². The highest BCUT2D eigenvalue weighted by molar-refractivity contribution is 7.89. The number of carbonyl (C=O) groups is 1. The van der Waals surface area contributed by atoms with Crippen molar-refractivity contribution in [3.8, 4) is 0 Å². The van der Waals surface area contributed by atoms with E-state index in [1.807, 2.05) is 6.92 Å². The third kappa shape index (κ3) is 3.62. The summed E-state index contributed by atoms with van der Waals surface area (Å²) in [6.45, 7) is 2.25. The lowest BCUT2D eigenvalue weighted by Gasteiger charge is -2.36. The normalized spacial score (nSPS) is 21.0. The van der Waals surface area contributed by atoms with E-state index in [0.29, 0.717) is 6.54 Å². The average Bonchev–Trinajstić information content (AvgIpc) is 2.96. The van der Waals surface area contributed by atoms with Crippen LogP contribution < -0.4 is 5.73 Å². The Balaban J connectivity index is 0.00000242. The lowest BCUT2D eigenvalue weighted by atomic mass is 10.00. The third-order valence-corrected chi connectivity index (χ3v) is 6.68. The first kappa shape index (κ1) is 19.4. The van der Waals surface area contributed by atoms with Crippen LogP contribution in [0.3, 0.4) is 0 Å². The van der Waals surface area contributed by atoms with Gasteiger partial charge in [-0.05, 0) is 31.2 Å². The zero-order valence-electron chi connectivity index (χ0n) is 12.5. The van der Waals surface area contributed by atoms with Crippen molar-refractivity contribution >= 4 is 39.7 Å². The molecule has 2 atom stereocenters. The Morgan fingerprint density at radius 2 is 2.18 bits per heavy atom. The fourth-order valence-electron chi connectivity index (χ4n) is 2.62. The summed E-state index contributed by atoms with van der Waals surface area (Å²) >= 11 is 1.07. The van der Waals surface area contributed by atoms with Gasteiger partial charge in [0.15, 0.2) is 0 Å². The second-order valence-corrected chi connectivity index (χ2v) is 7.92. The molecule has 1 aliphatic heterocycles. The molecule has 126 valence electrons. The molecule has 0 spiro atoms. The molecule has 1 aliphatic rings. The van der Waals surface area contributed by atoms with Crippen molar-refractivity contribution in [2.24, 2.45) is 5.73 Å². The molecule has 0 radical (unpaired) electrons. The van der Waals surface area contributed by atoms with Gasteiger partial charge in [-0.25, -0.2) is 13.2 Å². The smallest absolute Gasteiger partial charge is 0.349 e. The van der Waals surface area contributed by atoms with Crippen LogP contribution in [0.4, 0.5) is 0 Å². The lowest BCUT2D eigenvalue weighted by Crippen LogP contribution is -2.51. The van der Waals surface area contributed by atoms with Crippen LogP contribution in [0.2, 0.25) is 0 Å². The molecule has 0 aromatic carbocycles. The highest BCUT2D eigenvalue weighted by atomic mass is 35.5. The zero-order valence-corrected chi connectivity index (χ0v) is 15.0. The Morgan fingerprint density at radius 3 is 2.77 bits per heavy atom. The molecule has 1 aromatic rings. The molecule has 1 aromatic heterocycles. The Hall–Kier alpha value is -0.670. The number of rotatable bonds is 4. The van der Waals surface area contributed by atoms with E-state index < -0.39 is 16.0 Å². The quantitative estimate of drug-likeness (QED) is 0.819. The number of halogens is 1. The van der Waals surface area contributed by atoms with Gasteiger partial charge in [0.25, 0.3) is 0 Å². The van der Waals surface area contributed by atoms with E-state index in [4.69, 9.17) is 5.73 Å². The van der Waals surface area contributed by atoms with Gasteiger partial charge in [0.05, 0.1) is 7.11 Å². The number of hydrogen-bond acceptors (Lipinski definition) is 6. The van der Waals surface area contributed by atoms with Gasteiger partial charge in [-0.1, -0.05) is 6.42 Å². The number of piperidine rings is 1. The summed E-state index contributed by atoms with van der Waals surface area (Å²) in [6, 6.07) is 0.980. The summed E-state index contributed by atoms with van der Waals surface area (Å²) in [5.74, 6) is -0.627. The van der Waals surface area contributed by atoms with Crippen LogP contribution in [0.15, 0.2) is 16.3 Å². The summed E-state index contributed by atoms with van der Waals surface area (Å²) in [7, 11) is -2.50. The molecule has 9 heteroatoms. The topological polar surface area (TPSA) is 89.7 Å². The molecule has 1 fully saturated rings. The number of methoxy groups -OCH3 is 1. The summed E-state index contributed by atoms with van der Waals surface area (Å²) in [6.07, 6.45) is 2.51. The van der Waals surface area contributed by atoms with Crippen LogP contribution in [0.1, 0.15) is 35.9 Å². The predicted molar refractivity (Wildman–Crippen MR) is 88.1 cm³/mol. The second-order valence-electron chi connectivity index (χ2n) is 5.14. The van der Waals surface area contributed by atoms with Gasteiger partial charge < -0.3 is 10.5 Å². The van der Waals surface area contributed by atoms with E-state index in [2.05, 4.69) is 4.74 Å². The molecule has 0 bridgehead atoms. The van der Waals surface area contributed by atoms with Crippen LogP contribution in [0.5, 0.6) is 0 Å². The Kier molecular flexibility index (Phi) is 6.82. The van der Waals surface area contributed by atoms with E-state index in [1.165, 1.54) is 17.5 Å². The molecule has 0 amide bonds. The van der Waals surface area contributed by atoms with Gasteiger partial charge in [-0.3, -0.25) is 0 Å². The standard InChI is InChI=1S/C13H20N2O4S2.ClH/c1-9(14)10-5-3-4-7-15(10)21(17,18)11-6-8-20-12(11)13(16)19-2;/h6,8-10H,3-5,7,14H2,1-2H3;1H. The maximum Gasteiger partial charge on any atom is 0.349 e. The second kappa shape index (κ2) is 7.74. The molecule has 2 heterocycles. The van der Waals surface area contributed by atoms with Gasteiger partial charge in [0, 0.05) is 18.6 Å². The number of sulfonamides is 1. The summed E-state index contributed by atoms with van der Waals surface area (Å²) in [4.78, 5) is 11.9. The Bertz CT molecular complexity index is 615. The number of nitrogens with two attached hydrogens (primary N) is 1. The zero-order chi connectivity index (χ0) is 15.6. The molecule has 2 unspecified atom stereocenters. The maximum absolute atomic E-state index is 12.9. The van der Waals surface area contributed by atoms with Gasteiger partial charge in [-0.2, -0.15) is 4.31 Å². The van der Waals surface area contributed by atoms with Crippen molar-refractivity contribution < 1.29 is 17.9 Å². The number of carbonyl (C=O) groups excluding carboxylic acids is 1. The molecule has 2 rings (SSSR count). The molecular weight excluding hydrogens is 348 g/mol. The number of nitrogens with zero attached hydrogens (tertiary/aromatic N) is 1. The highest BCUT2D eigenvalue weighted by Crippen LogP contribution is 2.31. The van der Waals surface area contributed by atoms with Gasteiger partial charge in [0.1, 0.15) is 9.77 Å². The van der Waals surface area contributed by atoms with Crippen molar-refractivity contribution in [2.45, 2.75) is 43.2 Å². The SMILES string of the molecule is COC(=O)c1sccc1S(=O)(=O)N1CCCCC1C(C)N.Cl. The van der Waals surface area contributed by atoms with E-state index in [0.717, 1.165) is 30.6 Å². The molecule has 22 heavy (non-hydrogen) atoms. The van der Waals surface area contributed by atoms with Crippen molar-refractivity contribution in [3.05, 3.63) is 16.3 Å². The van der Waals surface area contributed by atoms with Crippen molar-refractivity contribution in [1.82, 2.24) is 4.31 Å². The molecule has 6 nitrogen and oxygen atoms in total. The summed E-state index contributed by atoms with van der Waals surface area (Å²) < 4.78 is 31.8. The van der Waals surface area contributed by atoms with E-state index in [9.17, 15) is 13.2 Å². The molecule has 1 saturated heterocycles. The average molecular weight is 369 g/mol. The van der Waals surface area contributed by atoms with Crippen molar-refractivity contribution in [1.29, 1.82) is 0 Å². The Morgan fingerprint density at radius 1 is 1.50 bits per heavy atom. The van der Waals surface area contributed by atoms with Crippen molar-refractivity contribution in [2.75, 3.05) is 13.7 Å². The monoisotopic (exact) mass is 368 g/mol. The minimum atomic E-state index is -3.74. The fourth-order valence-corrected chi connectivity index (χ4v) is 5.71. The van der Waals surface area contributed by atoms with Crippen molar-refractivity contribution in [3.63, 3.8) is 0 Å². The van der Waals surface area contributed by atoms with Gasteiger partial charge in [0.2, 0.25) is 10.0 Å². The van der Waals surface area contributed by atoms with E-state index >= 15 is 0 Å². The minimum absolute atomic E-state index is 0. The van der Waals surface area contributed by atoms with E-state index in [-0.39, 0.29) is 34.3 Å². The van der Waals surface area contributed by atoms with Gasteiger partial charge in [-0.15, -0.1) is 23.7 Å². The highest BCUT2D eigenvalue weighted by Gasteiger charge is 2.37. The maximum atomic E-state index is 12.9. The summed E-state index contributed by atoms with van der Waals surface area (Å²) in [5, 5.41) is 1.59. The number of hydrogen-bond donors (Lipinski definition) is 1. The molecule has 2 N–H and O–H groups in total. The number of thiophene rings is 1. The van der Waals surface area contributed by atoms with Gasteiger partial charge >= 0.3 is 5.97 Å². The number of ether oxygens (including phenoxy) is 1. The van der Waals surface area contributed by atoms with Crippen LogP contribution in [-0.2, 0) is 14.8 Å². The first-order valence-corrected chi connectivity index (χ1v) is 9.14. The molecular formula is C13H21ClN2O4S2. The number of esters is 1. The first-order valence-electron chi connectivity index (χ1n) is 6.83. The third-order valence-electron chi connectivity index (χ3n) is 3.69. The lowest BCUT2D eigenvalue weighted by molar-refractivity contribution is 0.0602.